The Hall–Kier alpha value is -5.74. The zero-order valence-electron chi connectivity index (χ0n) is 17.6. The molecule has 0 rings (SSSR count). The molecule has 0 aliphatic heterocycles. The van der Waals surface area contributed by atoms with E-state index in [1.807, 2.05) is 0 Å². The maximum Gasteiger partial charge on any atom is 0.637 e. The molecule has 30 heteroatoms. The topological polar surface area (TPSA) is 370 Å². The largest absolute Gasteiger partial charge is 0.637 e. The second kappa shape index (κ2) is 12.3. The fourth-order valence-corrected chi connectivity index (χ4v) is 2.28. The van der Waals surface area contributed by atoms with Crippen molar-refractivity contribution in [2.24, 2.45) is 0 Å². The maximum atomic E-state index is 14.1. The lowest BCUT2D eigenvalue weighted by Crippen LogP contribution is -2.58. The van der Waals surface area contributed by atoms with E-state index in [1.54, 1.807) is 0 Å². The zero-order chi connectivity index (χ0) is 30.2. The van der Waals surface area contributed by atoms with Crippen molar-refractivity contribution in [2.45, 2.75) is 24.0 Å². The van der Waals surface area contributed by atoms with Crippen molar-refractivity contribution in [3.05, 3.63) is 80.9 Å². The Morgan fingerprint density at radius 3 is 0.947 bits per heavy atom. The molecular weight excluding hydrogens is 562 g/mol. The van der Waals surface area contributed by atoms with E-state index >= 15 is 0 Å². The van der Waals surface area contributed by atoms with E-state index in [9.17, 15) is 89.7 Å². The molecule has 0 heterocycles. The van der Waals surface area contributed by atoms with Gasteiger partial charge >= 0.3 is 11.8 Å². The Balaban J connectivity index is 6.52. The van der Waals surface area contributed by atoms with Gasteiger partial charge in [0, 0.05) is 0 Å². The molecule has 0 fully saturated rings. The Morgan fingerprint density at radius 2 is 0.789 bits per heavy atom. The lowest BCUT2D eigenvalue weighted by atomic mass is 10.2. The molecule has 0 aliphatic carbocycles. The first-order valence-corrected chi connectivity index (χ1v) is 8.55. The third-order valence-corrected chi connectivity index (χ3v) is 3.99. The highest BCUT2D eigenvalue weighted by molar-refractivity contribution is 4.75. The molecule has 0 aromatic heterocycles. The molecule has 0 N–H and O–H groups in total. The Labute approximate surface area is 200 Å². The number of hydrazine groups is 2. The van der Waals surface area contributed by atoms with Gasteiger partial charge in [-0.3, -0.25) is 40.5 Å². The van der Waals surface area contributed by atoms with Gasteiger partial charge in [0.15, 0.2) is 22.3 Å². The van der Waals surface area contributed by atoms with Gasteiger partial charge < -0.3 is 9.68 Å². The summed E-state index contributed by atoms with van der Waals surface area (Å²) in [7, 11) is 0. The minimum atomic E-state index is -4.87. The molecule has 38 heavy (non-hydrogen) atoms. The summed E-state index contributed by atoms with van der Waals surface area (Å²) in [4.78, 5) is 85.1. The summed E-state index contributed by atoms with van der Waals surface area (Å²) < 4.78 is 28.2. The molecule has 214 valence electrons. The van der Waals surface area contributed by atoms with Gasteiger partial charge in [0.05, 0.1) is 0 Å². The highest BCUT2D eigenvalue weighted by Gasteiger charge is 2.63. The molecular formula is C8H10F2N10O18. The van der Waals surface area contributed by atoms with Gasteiger partial charge in [-0.05, 0) is 0 Å². The smallest absolute Gasteiger partial charge is 0.306 e. The third kappa shape index (κ3) is 8.18. The van der Waals surface area contributed by atoms with E-state index in [4.69, 9.17) is 0 Å². The fourth-order valence-electron chi connectivity index (χ4n) is 2.28. The van der Waals surface area contributed by atoms with Gasteiger partial charge in [0.2, 0.25) is 0 Å². The number of hydrogen-bond acceptors (Lipinski definition) is 18. The SMILES string of the molecule is O=[N+]([O-])O[C@@H](CN(CC(F)([N+](=O)[O-])[N+](=O)[O-])[N+](=O)[O-])[C@@H](CN(CC(F)([N+](=O)[O-])[N+](=O)[O-])[N+](=O)[O-])O[N+](=O)[O-]. The Kier molecular flexibility index (Phi) is 10.4. The molecule has 0 aliphatic rings. The molecule has 0 aromatic carbocycles. The number of nitrogens with zero attached hydrogens (tertiary/aromatic N) is 10. The molecule has 0 spiro atoms. The monoisotopic (exact) mass is 572 g/mol. The fraction of sp³-hybridized carbons (Fsp3) is 1.00. The van der Waals surface area contributed by atoms with Crippen LogP contribution in [0.25, 0.3) is 0 Å². The van der Waals surface area contributed by atoms with E-state index < -0.39 is 100 Å². The number of rotatable bonds is 19. The number of halogens is 2. The summed E-state index contributed by atoms with van der Waals surface area (Å²) in [5.74, 6) is -9.74. The van der Waals surface area contributed by atoms with Crippen LogP contribution in [0.5, 0.6) is 0 Å². The number of hydrogen-bond donors (Lipinski definition) is 0. The molecule has 0 radical (unpaired) electrons. The second-order valence-electron chi connectivity index (χ2n) is 6.37. The number of nitro groups is 6. The highest BCUT2D eigenvalue weighted by atomic mass is 19.2. The lowest BCUT2D eigenvalue weighted by Gasteiger charge is -2.27. The van der Waals surface area contributed by atoms with Crippen molar-refractivity contribution in [1.29, 1.82) is 0 Å². The quantitative estimate of drug-likeness (QED) is 0.0666. The summed E-state index contributed by atoms with van der Waals surface area (Å²) in [6.45, 7) is -8.90. The van der Waals surface area contributed by atoms with Crippen LogP contribution in [0.2, 0.25) is 0 Å². The van der Waals surface area contributed by atoms with Crippen LogP contribution in [-0.4, -0.2) is 100 Å². The molecule has 2 atom stereocenters. The van der Waals surface area contributed by atoms with Crippen LogP contribution >= 0.6 is 0 Å². The minimum Gasteiger partial charge on any atom is -0.306 e. The summed E-state index contributed by atoms with van der Waals surface area (Å²) in [5.41, 5.74) is 0. The maximum absolute atomic E-state index is 14.1. The van der Waals surface area contributed by atoms with Crippen LogP contribution in [-0.2, 0) is 9.68 Å². The summed E-state index contributed by atoms with van der Waals surface area (Å²) in [6.07, 6.45) is -5.91. The average molecular weight is 572 g/mol. The van der Waals surface area contributed by atoms with Crippen LogP contribution in [0, 0.1) is 80.9 Å². The van der Waals surface area contributed by atoms with Crippen molar-refractivity contribution in [1.82, 2.24) is 10.0 Å². The molecule has 0 unspecified atom stereocenters. The van der Waals surface area contributed by atoms with Gasteiger partial charge in [0.25, 0.3) is 23.3 Å². The summed E-state index contributed by atoms with van der Waals surface area (Å²) in [6, 6.07) is 0. The first-order chi connectivity index (χ1) is 17.2. The van der Waals surface area contributed by atoms with Gasteiger partial charge in [-0.15, -0.1) is 30.2 Å². The van der Waals surface area contributed by atoms with Crippen molar-refractivity contribution >= 4 is 0 Å². The first-order valence-electron chi connectivity index (χ1n) is 8.55. The standard InChI is InChI=1S/C8H10F2N10O18/c9-7(13(21)22,14(23)24)3-11(17(29)30)1-5(37-19(33)34)6(38-20(35)36)2-12(18(31)32)4-8(10,15(25)26)16(27)28/h5-6H,1-4H2/t5-,6+. The molecule has 0 amide bonds. The van der Waals surface area contributed by atoms with E-state index in [0.29, 0.717) is 0 Å². The van der Waals surface area contributed by atoms with Gasteiger partial charge in [-0.25, -0.2) is 20.2 Å². The predicted molar refractivity (Wildman–Crippen MR) is 96.5 cm³/mol. The molecule has 28 nitrogen and oxygen atoms in total. The molecule has 0 aromatic rings. The van der Waals surface area contributed by atoms with E-state index in [0.717, 1.165) is 0 Å². The Bertz CT molecular complexity index is 904. The van der Waals surface area contributed by atoms with E-state index in [-0.39, 0.29) is 0 Å². The first kappa shape index (κ1) is 32.3. The Morgan fingerprint density at radius 1 is 0.553 bits per heavy atom. The van der Waals surface area contributed by atoms with Crippen LogP contribution in [0.15, 0.2) is 0 Å². The molecule has 0 saturated heterocycles. The summed E-state index contributed by atoms with van der Waals surface area (Å²) >= 11 is 0. The van der Waals surface area contributed by atoms with Gasteiger partial charge in [0.1, 0.15) is 32.8 Å². The second-order valence-corrected chi connectivity index (χ2v) is 6.37. The zero-order valence-corrected chi connectivity index (χ0v) is 17.6. The summed E-state index contributed by atoms with van der Waals surface area (Å²) in [5, 5.41) is 77.4. The predicted octanol–water partition coefficient (Wildman–Crippen LogP) is -2.52. The van der Waals surface area contributed by atoms with Crippen molar-refractivity contribution in [3.8, 4) is 0 Å². The van der Waals surface area contributed by atoms with Crippen LogP contribution < -0.4 is 0 Å². The van der Waals surface area contributed by atoms with Crippen molar-refractivity contribution in [2.75, 3.05) is 26.2 Å². The molecule has 0 saturated carbocycles. The van der Waals surface area contributed by atoms with Crippen LogP contribution in [0.4, 0.5) is 8.78 Å². The molecule has 0 bridgehead atoms. The average Bonchev–Trinajstić information content (AvgIpc) is 2.75. The lowest BCUT2D eigenvalue weighted by molar-refractivity contribution is -0.844. The van der Waals surface area contributed by atoms with Crippen molar-refractivity contribution in [3.63, 3.8) is 0 Å². The highest BCUT2D eigenvalue weighted by Crippen LogP contribution is 2.20. The normalized spacial score (nSPS) is 12.8. The van der Waals surface area contributed by atoms with E-state index in [2.05, 4.69) is 9.68 Å². The number of alkyl halides is 2. The minimum absolute atomic E-state index is 0.861. The van der Waals surface area contributed by atoms with E-state index in [1.165, 1.54) is 0 Å². The van der Waals surface area contributed by atoms with Crippen LogP contribution in [0.3, 0.4) is 0 Å². The van der Waals surface area contributed by atoms with Gasteiger partial charge in [-0.2, -0.15) is 0 Å². The third-order valence-electron chi connectivity index (χ3n) is 3.99. The van der Waals surface area contributed by atoms with Crippen LogP contribution in [0.1, 0.15) is 0 Å². The van der Waals surface area contributed by atoms with Crippen molar-refractivity contribution < 1.29 is 58.4 Å². The van der Waals surface area contributed by atoms with Gasteiger partial charge in [-0.1, -0.05) is 8.78 Å².